The van der Waals surface area contributed by atoms with E-state index in [1.54, 1.807) is 13.1 Å². The minimum atomic E-state index is -0.0750. The molecule has 10 nitrogen and oxygen atoms in total. The number of fused-ring (bicyclic) bond motifs is 1. The zero-order chi connectivity index (χ0) is 23.5. The van der Waals surface area contributed by atoms with Crippen molar-refractivity contribution in [3.05, 3.63) is 35.6 Å². The molecule has 0 saturated carbocycles. The van der Waals surface area contributed by atoms with Crippen LogP contribution in [0.5, 0.6) is 0 Å². The zero-order valence-corrected chi connectivity index (χ0v) is 19.6. The van der Waals surface area contributed by atoms with Crippen LogP contribution in [0.1, 0.15) is 47.8 Å². The van der Waals surface area contributed by atoms with E-state index in [0.717, 1.165) is 51.3 Å². The molecule has 3 saturated heterocycles. The number of likely N-dealkylation sites (tertiary alicyclic amines) is 1. The Bertz CT molecular complexity index is 1020. The van der Waals surface area contributed by atoms with Gasteiger partial charge in [0, 0.05) is 58.2 Å². The first-order valence-corrected chi connectivity index (χ1v) is 12.2. The second-order valence-electron chi connectivity index (χ2n) is 9.44. The average Bonchev–Trinajstić information content (AvgIpc) is 3.61. The summed E-state index contributed by atoms with van der Waals surface area (Å²) in [6.07, 6.45) is 5.63. The number of piperidine rings is 1. The van der Waals surface area contributed by atoms with E-state index in [0.29, 0.717) is 55.1 Å². The van der Waals surface area contributed by atoms with Crippen molar-refractivity contribution in [3.8, 4) is 0 Å². The van der Waals surface area contributed by atoms with Gasteiger partial charge in [-0.15, -0.1) is 0 Å². The molecule has 0 spiro atoms. The Balaban J connectivity index is 1.15. The van der Waals surface area contributed by atoms with Crippen LogP contribution in [0, 0.1) is 18.8 Å². The van der Waals surface area contributed by atoms with Crippen molar-refractivity contribution >= 4 is 17.6 Å². The van der Waals surface area contributed by atoms with E-state index in [9.17, 15) is 9.59 Å². The third kappa shape index (κ3) is 4.91. The van der Waals surface area contributed by atoms with Crippen molar-refractivity contribution < 1.29 is 18.8 Å². The molecule has 0 aromatic carbocycles. The maximum atomic E-state index is 13.1. The van der Waals surface area contributed by atoms with E-state index in [2.05, 4.69) is 25.3 Å². The van der Waals surface area contributed by atoms with E-state index in [1.807, 2.05) is 17.0 Å². The van der Waals surface area contributed by atoms with Crippen molar-refractivity contribution in [1.29, 1.82) is 0 Å². The second kappa shape index (κ2) is 10.1. The minimum absolute atomic E-state index is 0.0171. The lowest BCUT2D eigenvalue weighted by atomic mass is 9.83. The van der Waals surface area contributed by atoms with Gasteiger partial charge in [-0.2, -0.15) is 4.98 Å². The fraction of sp³-hybridized carbons (Fsp3) is 0.625. The van der Waals surface area contributed by atoms with E-state index < -0.39 is 0 Å². The van der Waals surface area contributed by atoms with E-state index in [1.165, 1.54) is 0 Å². The highest BCUT2D eigenvalue weighted by molar-refractivity contribution is 5.99. The summed E-state index contributed by atoms with van der Waals surface area (Å²) in [6, 6.07) is 3.73. The highest BCUT2D eigenvalue weighted by atomic mass is 16.5. The minimum Gasteiger partial charge on any atom is -0.377 e. The molecule has 0 unspecified atom stereocenters. The molecule has 34 heavy (non-hydrogen) atoms. The monoisotopic (exact) mass is 468 g/mol. The number of carbonyl (C=O) groups is 2. The third-order valence-corrected chi connectivity index (χ3v) is 7.13. The van der Waals surface area contributed by atoms with E-state index >= 15 is 0 Å². The van der Waals surface area contributed by atoms with E-state index in [4.69, 9.17) is 9.26 Å². The van der Waals surface area contributed by atoms with Crippen molar-refractivity contribution in [1.82, 2.24) is 25.3 Å². The van der Waals surface area contributed by atoms with Crippen LogP contribution >= 0.6 is 0 Å². The first kappa shape index (κ1) is 22.8. The van der Waals surface area contributed by atoms with Gasteiger partial charge in [0.25, 0.3) is 5.91 Å². The molecule has 0 radical (unpaired) electrons. The van der Waals surface area contributed by atoms with Crippen LogP contribution in [0.25, 0.3) is 0 Å². The number of hydrogen-bond donors (Lipinski definition) is 1. The summed E-state index contributed by atoms with van der Waals surface area (Å²) in [7, 11) is 0. The molecule has 5 heterocycles. The Morgan fingerprint density at radius 3 is 2.88 bits per heavy atom. The number of nitrogens with one attached hydrogen (secondary N) is 1. The van der Waals surface area contributed by atoms with Crippen molar-refractivity contribution in [2.75, 3.05) is 44.2 Å². The first-order valence-electron chi connectivity index (χ1n) is 12.2. The lowest BCUT2D eigenvalue weighted by Gasteiger charge is -2.37. The van der Waals surface area contributed by atoms with Crippen LogP contribution in [-0.4, -0.2) is 77.3 Å². The van der Waals surface area contributed by atoms with Crippen molar-refractivity contribution in [3.63, 3.8) is 0 Å². The number of aromatic nitrogens is 3. The average molecular weight is 469 g/mol. The molecule has 182 valence electrons. The molecule has 5 rings (SSSR count). The highest BCUT2D eigenvalue weighted by Crippen LogP contribution is 2.37. The van der Waals surface area contributed by atoms with Crippen LogP contribution in [-0.2, 0) is 16.0 Å². The number of anilines is 1. The van der Waals surface area contributed by atoms with Crippen LogP contribution < -0.4 is 10.2 Å². The summed E-state index contributed by atoms with van der Waals surface area (Å²) >= 11 is 0. The number of pyridine rings is 1. The fourth-order valence-corrected chi connectivity index (χ4v) is 5.41. The first-order chi connectivity index (χ1) is 16.6. The van der Waals surface area contributed by atoms with Crippen molar-refractivity contribution in [2.24, 2.45) is 11.8 Å². The maximum Gasteiger partial charge on any atom is 0.257 e. The summed E-state index contributed by atoms with van der Waals surface area (Å²) in [6.45, 7) is 6.08. The summed E-state index contributed by atoms with van der Waals surface area (Å²) < 4.78 is 11.0. The Labute approximate surface area is 199 Å². The summed E-state index contributed by atoms with van der Waals surface area (Å²) in [5, 5.41) is 6.79. The fourth-order valence-electron chi connectivity index (χ4n) is 5.41. The zero-order valence-electron chi connectivity index (χ0n) is 19.6. The molecular formula is C24H32N6O4. The molecule has 2 amide bonds. The lowest BCUT2D eigenvalue weighted by molar-refractivity contribution is -0.123. The van der Waals surface area contributed by atoms with Crippen LogP contribution in [0.4, 0.5) is 5.82 Å². The number of amides is 2. The van der Waals surface area contributed by atoms with Gasteiger partial charge in [0.1, 0.15) is 5.82 Å². The topological polar surface area (TPSA) is 114 Å². The predicted molar refractivity (Wildman–Crippen MR) is 123 cm³/mol. The number of nitrogens with zero attached hydrogens (tertiary/aromatic N) is 5. The largest absolute Gasteiger partial charge is 0.377 e. The van der Waals surface area contributed by atoms with Gasteiger partial charge in [0.2, 0.25) is 11.8 Å². The van der Waals surface area contributed by atoms with Gasteiger partial charge in [-0.25, -0.2) is 4.98 Å². The number of ether oxygens (including phenoxy) is 1. The van der Waals surface area contributed by atoms with Crippen molar-refractivity contribution in [2.45, 2.75) is 45.1 Å². The Morgan fingerprint density at radius 2 is 2.09 bits per heavy atom. The second-order valence-corrected chi connectivity index (χ2v) is 9.44. The summed E-state index contributed by atoms with van der Waals surface area (Å²) in [5.74, 6) is 2.62. The normalized spacial score (nSPS) is 24.3. The predicted octanol–water partition coefficient (Wildman–Crippen LogP) is 1.60. The molecule has 3 aliphatic heterocycles. The molecule has 0 aliphatic carbocycles. The number of hydrogen-bond acceptors (Lipinski definition) is 8. The third-order valence-electron chi connectivity index (χ3n) is 7.13. The van der Waals surface area contributed by atoms with Crippen LogP contribution in [0.15, 0.2) is 22.9 Å². The van der Waals surface area contributed by atoms with Gasteiger partial charge in [0.15, 0.2) is 5.82 Å². The molecule has 3 fully saturated rings. The number of rotatable bonds is 7. The number of carbonyl (C=O) groups excluding carboxylic acids is 2. The maximum absolute atomic E-state index is 13.1. The summed E-state index contributed by atoms with van der Waals surface area (Å²) in [5.41, 5.74) is 0.689. The SMILES string of the molecule is Cc1nc(CCNC(=O)C[C@@H]2OC[C@H]3CN(c4ncccc4C(=O)N4CCCC4)CC[C@H]32)no1. The smallest absolute Gasteiger partial charge is 0.257 e. The van der Waals surface area contributed by atoms with E-state index in [-0.39, 0.29) is 17.9 Å². The molecule has 10 heteroatoms. The molecule has 2 aromatic rings. The van der Waals surface area contributed by atoms with Crippen LogP contribution in [0.2, 0.25) is 0 Å². The Morgan fingerprint density at radius 1 is 1.24 bits per heavy atom. The highest BCUT2D eigenvalue weighted by Gasteiger charge is 2.42. The van der Waals surface area contributed by atoms with Gasteiger partial charge in [-0.05, 0) is 37.3 Å². The summed E-state index contributed by atoms with van der Waals surface area (Å²) in [4.78, 5) is 38.4. The van der Waals surface area contributed by atoms with Gasteiger partial charge < -0.3 is 24.4 Å². The molecular weight excluding hydrogens is 436 g/mol. The van der Waals surface area contributed by atoms with Gasteiger partial charge in [-0.3, -0.25) is 9.59 Å². The van der Waals surface area contributed by atoms with Gasteiger partial charge in [0.05, 0.1) is 24.7 Å². The standard InChI is InChI=1S/C24H32N6O4/c1-16-27-21(28-34-16)6-9-25-22(31)13-20-18-7-12-30(14-17(18)15-33-20)23-19(5-4-8-26-23)24(32)29-10-2-3-11-29/h4-5,8,17-18,20H,2-3,6-7,9-15H2,1H3,(H,25,31)/t17-,18-,20+/m1/s1. The van der Waals surface area contributed by atoms with Gasteiger partial charge in [-0.1, -0.05) is 5.16 Å². The molecule has 1 N–H and O–H groups in total. The van der Waals surface area contributed by atoms with Gasteiger partial charge >= 0.3 is 0 Å². The molecule has 3 atom stereocenters. The molecule has 0 bridgehead atoms. The van der Waals surface area contributed by atoms with Crippen LogP contribution in [0.3, 0.4) is 0 Å². The molecule has 2 aromatic heterocycles. The number of aryl methyl sites for hydroxylation is 1. The quantitative estimate of drug-likeness (QED) is 0.652. The Kier molecular flexibility index (Phi) is 6.75. The molecule has 3 aliphatic rings. The Hall–Kier alpha value is -3.01. The lowest BCUT2D eigenvalue weighted by Crippen LogP contribution is -2.43.